The average Bonchev–Trinajstić information content (AvgIpc) is 2.41. The fourth-order valence-corrected chi connectivity index (χ4v) is 0.473. The normalized spacial score (nSPS) is 9.09. The summed E-state index contributed by atoms with van der Waals surface area (Å²) in [5.41, 5.74) is 5.19. The molecule has 11 heavy (non-hydrogen) atoms. The number of imidazole rings is 1. The van der Waals surface area contributed by atoms with Gasteiger partial charge in [-0.05, 0) is 14.1 Å². The van der Waals surface area contributed by atoms with Crippen molar-refractivity contribution < 1.29 is 0 Å². The number of nitrogens with one attached hydrogen (secondary N) is 1. The van der Waals surface area contributed by atoms with Crippen molar-refractivity contribution in [1.29, 1.82) is 0 Å². The average molecular weight is 156 g/mol. The van der Waals surface area contributed by atoms with E-state index in [0.717, 1.165) is 13.1 Å². The molecule has 0 radical (unpaired) electrons. The van der Waals surface area contributed by atoms with Crippen LogP contribution in [-0.2, 0) is 0 Å². The van der Waals surface area contributed by atoms with Gasteiger partial charge in [0.25, 0.3) is 0 Å². The van der Waals surface area contributed by atoms with E-state index in [-0.39, 0.29) is 0 Å². The van der Waals surface area contributed by atoms with E-state index in [1.54, 1.807) is 18.7 Å². The van der Waals surface area contributed by atoms with Gasteiger partial charge in [0.1, 0.15) is 0 Å². The summed E-state index contributed by atoms with van der Waals surface area (Å²) in [6.45, 7) is 1.74. The Morgan fingerprint density at radius 1 is 1.55 bits per heavy atom. The van der Waals surface area contributed by atoms with Gasteiger partial charge in [-0.25, -0.2) is 4.98 Å². The lowest BCUT2D eigenvalue weighted by molar-refractivity contribution is 0.420. The van der Waals surface area contributed by atoms with Crippen LogP contribution in [0.15, 0.2) is 18.7 Å². The van der Waals surface area contributed by atoms with Crippen LogP contribution in [-0.4, -0.2) is 42.1 Å². The summed E-state index contributed by atoms with van der Waals surface area (Å²) in [6, 6.07) is 0. The summed E-state index contributed by atoms with van der Waals surface area (Å²) in [5, 5.41) is 0. The molecule has 0 saturated carbocycles. The molecule has 0 amide bonds. The minimum atomic E-state index is 0.757. The highest BCUT2D eigenvalue weighted by molar-refractivity contribution is 4.64. The number of H-pyrrole nitrogens is 1. The molecule has 1 aromatic rings. The van der Waals surface area contributed by atoms with Crippen molar-refractivity contribution in [3.8, 4) is 0 Å². The largest absolute Gasteiger partial charge is 0.351 e. The first-order valence-corrected chi connectivity index (χ1v) is 3.55. The highest BCUT2D eigenvalue weighted by Gasteiger charge is 1.79. The first-order valence-electron chi connectivity index (χ1n) is 3.55. The standard InChI is InChI=1S/C4H12N2.C3H4N2/c1-6(2)4-3-5;1-2-5-3-4-1/h3-5H2,1-2H3;1-3H,(H,4,5). The number of hydrogen-bond donors (Lipinski definition) is 2. The summed E-state index contributed by atoms with van der Waals surface area (Å²) in [6.07, 6.45) is 5.08. The number of hydrogen-bond acceptors (Lipinski definition) is 3. The maximum Gasteiger partial charge on any atom is 0.0919 e. The lowest BCUT2D eigenvalue weighted by Gasteiger charge is -2.03. The first-order chi connectivity index (χ1) is 5.27. The van der Waals surface area contributed by atoms with Gasteiger partial charge in [0.05, 0.1) is 6.33 Å². The van der Waals surface area contributed by atoms with Crippen molar-refractivity contribution in [2.75, 3.05) is 27.2 Å². The van der Waals surface area contributed by atoms with Crippen LogP contribution in [0.1, 0.15) is 0 Å². The molecule has 4 nitrogen and oxygen atoms in total. The summed E-state index contributed by atoms with van der Waals surface area (Å²) in [5.74, 6) is 0. The van der Waals surface area contributed by atoms with Gasteiger partial charge in [-0.2, -0.15) is 0 Å². The van der Waals surface area contributed by atoms with E-state index in [1.807, 2.05) is 14.1 Å². The molecule has 0 aromatic carbocycles. The van der Waals surface area contributed by atoms with Gasteiger partial charge < -0.3 is 15.6 Å². The van der Waals surface area contributed by atoms with Crippen LogP contribution >= 0.6 is 0 Å². The highest BCUT2D eigenvalue weighted by Crippen LogP contribution is 1.64. The SMILES string of the molecule is CN(C)CCN.c1c[nH]cn1. The lowest BCUT2D eigenvalue weighted by Crippen LogP contribution is -2.20. The van der Waals surface area contributed by atoms with E-state index in [2.05, 4.69) is 14.9 Å². The molecule has 0 spiro atoms. The van der Waals surface area contributed by atoms with Crippen LogP contribution in [0.2, 0.25) is 0 Å². The van der Waals surface area contributed by atoms with E-state index in [0.29, 0.717) is 0 Å². The zero-order valence-corrected chi connectivity index (χ0v) is 7.12. The fourth-order valence-electron chi connectivity index (χ4n) is 0.473. The molecule has 3 N–H and O–H groups in total. The summed E-state index contributed by atoms with van der Waals surface area (Å²) >= 11 is 0. The van der Waals surface area contributed by atoms with Gasteiger partial charge in [0.2, 0.25) is 0 Å². The second-order valence-corrected chi connectivity index (χ2v) is 2.35. The Labute approximate surface area is 67.4 Å². The minimum Gasteiger partial charge on any atom is -0.351 e. The van der Waals surface area contributed by atoms with Crippen molar-refractivity contribution in [3.05, 3.63) is 18.7 Å². The molecule has 0 aliphatic rings. The first kappa shape index (κ1) is 10.1. The molecule has 0 aliphatic heterocycles. The minimum absolute atomic E-state index is 0.757. The molecule has 0 unspecified atom stereocenters. The van der Waals surface area contributed by atoms with Crippen molar-refractivity contribution in [3.63, 3.8) is 0 Å². The molecule has 1 aromatic heterocycles. The maximum absolute atomic E-state index is 5.19. The third kappa shape index (κ3) is 9.13. The van der Waals surface area contributed by atoms with Gasteiger partial charge in [0.15, 0.2) is 0 Å². The molecule has 0 atom stereocenters. The number of likely N-dealkylation sites (N-methyl/N-ethyl adjacent to an activating group) is 1. The second-order valence-electron chi connectivity index (χ2n) is 2.35. The molecule has 1 heterocycles. The number of nitrogens with zero attached hydrogens (tertiary/aromatic N) is 2. The Morgan fingerprint density at radius 2 is 2.27 bits per heavy atom. The Bertz CT molecular complexity index is 119. The quantitative estimate of drug-likeness (QED) is 0.629. The topological polar surface area (TPSA) is 57.9 Å². The molecular formula is C7H16N4. The van der Waals surface area contributed by atoms with Crippen LogP contribution < -0.4 is 5.73 Å². The van der Waals surface area contributed by atoms with Gasteiger partial charge in [-0.15, -0.1) is 0 Å². The highest BCUT2D eigenvalue weighted by atomic mass is 15.1. The van der Waals surface area contributed by atoms with Crippen molar-refractivity contribution in [2.24, 2.45) is 5.73 Å². The molecule has 0 bridgehead atoms. The Morgan fingerprint density at radius 3 is 2.36 bits per heavy atom. The monoisotopic (exact) mass is 156 g/mol. The number of aromatic nitrogens is 2. The van der Waals surface area contributed by atoms with E-state index >= 15 is 0 Å². The zero-order valence-electron chi connectivity index (χ0n) is 7.12. The Hall–Kier alpha value is -0.870. The Kier molecular flexibility index (Phi) is 6.67. The number of nitrogens with two attached hydrogens (primary N) is 1. The summed E-state index contributed by atoms with van der Waals surface area (Å²) < 4.78 is 0. The molecule has 0 saturated heterocycles. The van der Waals surface area contributed by atoms with Crippen molar-refractivity contribution in [1.82, 2.24) is 14.9 Å². The zero-order chi connectivity index (χ0) is 8.53. The summed E-state index contributed by atoms with van der Waals surface area (Å²) in [7, 11) is 4.01. The van der Waals surface area contributed by atoms with Gasteiger partial charge >= 0.3 is 0 Å². The van der Waals surface area contributed by atoms with Gasteiger partial charge in [0, 0.05) is 25.5 Å². The molecule has 1 rings (SSSR count). The summed E-state index contributed by atoms with van der Waals surface area (Å²) in [4.78, 5) is 8.47. The molecule has 0 aliphatic carbocycles. The third-order valence-corrected chi connectivity index (χ3v) is 0.982. The van der Waals surface area contributed by atoms with Crippen LogP contribution in [0.4, 0.5) is 0 Å². The molecule has 4 heteroatoms. The van der Waals surface area contributed by atoms with Crippen LogP contribution in [0.5, 0.6) is 0 Å². The van der Waals surface area contributed by atoms with Gasteiger partial charge in [-0.3, -0.25) is 0 Å². The fraction of sp³-hybridized carbons (Fsp3) is 0.571. The maximum atomic E-state index is 5.19. The Balaban J connectivity index is 0.000000183. The predicted molar refractivity (Wildman–Crippen MR) is 46.2 cm³/mol. The molecular weight excluding hydrogens is 140 g/mol. The van der Waals surface area contributed by atoms with Gasteiger partial charge in [-0.1, -0.05) is 0 Å². The van der Waals surface area contributed by atoms with E-state index in [1.165, 1.54) is 0 Å². The van der Waals surface area contributed by atoms with Crippen molar-refractivity contribution >= 4 is 0 Å². The predicted octanol–water partition coefficient (Wildman–Crippen LogP) is -0.0836. The van der Waals surface area contributed by atoms with Crippen LogP contribution in [0.25, 0.3) is 0 Å². The van der Waals surface area contributed by atoms with E-state index < -0.39 is 0 Å². The number of aromatic amines is 1. The van der Waals surface area contributed by atoms with Crippen LogP contribution in [0, 0.1) is 0 Å². The third-order valence-electron chi connectivity index (χ3n) is 0.982. The molecule has 64 valence electrons. The van der Waals surface area contributed by atoms with E-state index in [4.69, 9.17) is 5.73 Å². The number of rotatable bonds is 2. The van der Waals surface area contributed by atoms with Crippen LogP contribution in [0.3, 0.4) is 0 Å². The van der Waals surface area contributed by atoms with Crippen molar-refractivity contribution in [2.45, 2.75) is 0 Å². The van der Waals surface area contributed by atoms with E-state index in [9.17, 15) is 0 Å². The smallest absolute Gasteiger partial charge is 0.0919 e. The second kappa shape index (κ2) is 7.24. The molecule has 0 fully saturated rings. The lowest BCUT2D eigenvalue weighted by atomic mass is 10.6.